The topological polar surface area (TPSA) is 96.8 Å². The van der Waals surface area contributed by atoms with Crippen LogP contribution >= 0.6 is 0 Å². The van der Waals surface area contributed by atoms with Gasteiger partial charge in [-0.15, -0.1) is 0 Å². The van der Waals surface area contributed by atoms with Crippen molar-refractivity contribution in [1.82, 2.24) is 15.1 Å². The Morgan fingerprint density at radius 2 is 1.82 bits per heavy atom. The molecule has 1 unspecified atom stereocenters. The quantitative estimate of drug-likeness (QED) is 0.732. The van der Waals surface area contributed by atoms with Gasteiger partial charge in [0.05, 0.1) is 11.6 Å². The highest BCUT2D eigenvalue weighted by Crippen LogP contribution is 2.41. The molecule has 3 aliphatic rings. The summed E-state index contributed by atoms with van der Waals surface area (Å²) in [6.45, 7) is 2.28. The van der Waals surface area contributed by atoms with Crippen molar-refractivity contribution >= 4 is 23.5 Å². The molecule has 2 aromatic rings. The molecule has 0 saturated carbocycles. The molecule has 0 bridgehead atoms. The minimum absolute atomic E-state index is 0.219. The predicted molar refractivity (Wildman–Crippen MR) is 121 cm³/mol. The van der Waals surface area contributed by atoms with Crippen LogP contribution < -0.4 is 10.2 Å². The average Bonchev–Trinajstić information content (AvgIpc) is 3.18. The molecule has 1 N–H and O–H groups in total. The fourth-order valence-corrected chi connectivity index (χ4v) is 5.14. The van der Waals surface area contributed by atoms with Gasteiger partial charge in [0.25, 0.3) is 5.91 Å². The number of amides is 4. The van der Waals surface area contributed by atoms with Gasteiger partial charge >= 0.3 is 6.03 Å². The number of urea groups is 1. The van der Waals surface area contributed by atoms with Crippen LogP contribution in [0.15, 0.2) is 48.5 Å². The van der Waals surface area contributed by atoms with Gasteiger partial charge in [0, 0.05) is 31.9 Å². The molecule has 4 amide bonds. The van der Waals surface area contributed by atoms with E-state index in [-0.39, 0.29) is 18.4 Å². The van der Waals surface area contributed by atoms with Crippen LogP contribution in [-0.2, 0) is 21.5 Å². The normalized spacial score (nSPS) is 22.2. The van der Waals surface area contributed by atoms with Crippen LogP contribution in [0.1, 0.15) is 29.5 Å². The zero-order chi connectivity index (χ0) is 23.0. The first kappa shape index (κ1) is 21.0. The lowest BCUT2D eigenvalue weighted by molar-refractivity contribution is -0.139. The van der Waals surface area contributed by atoms with Gasteiger partial charge in [0.1, 0.15) is 12.1 Å². The fraction of sp³-hybridized carbons (Fsp3) is 0.360. The number of fused-ring (bicyclic) bond motifs is 2. The van der Waals surface area contributed by atoms with Gasteiger partial charge < -0.3 is 15.1 Å². The number of hydrogen-bond acceptors (Lipinski definition) is 5. The van der Waals surface area contributed by atoms with Crippen molar-refractivity contribution in [1.29, 1.82) is 5.26 Å². The Labute approximate surface area is 192 Å². The molecule has 0 radical (unpaired) electrons. The first-order chi connectivity index (χ1) is 16.0. The number of carbonyl (C=O) groups excluding carboxylic acids is 3. The second-order valence-electron chi connectivity index (χ2n) is 8.76. The largest absolute Gasteiger partial charge is 0.370 e. The summed E-state index contributed by atoms with van der Waals surface area (Å²) in [5.74, 6) is -0.552. The van der Waals surface area contributed by atoms with Gasteiger partial charge in [-0.1, -0.05) is 24.3 Å². The Bertz CT molecular complexity index is 1160. The van der Waals surface area contributed by atoms with Crippen LogP contribution in [0.4, 0.5) is 10.5 Å². The molecule has 0 aromatic heterocycles. The Hall–Kier alpha value is -3.86. The van der Waals surface area contributed by atoms with E-state index in [1.54, 1.807) is 17.0 Å². The van der Waals surface area contributed by atoms with E-state index < -0.39 is 11.6 Å². The molecule has 1 spiro atoms. The number of benzene rings is 2. The second kappa shape index (κ2) is 8.24. The standard InChI is InChI=1S/C25H25N5O3/c26-16-18-6-8-20(9-7-18)28-12-3-13-29(15-14-28)22(31)17-30-23(32)25(27-24(30)33)11-10-19-4-1-2-5-21(19)25/h1-2,4-9H,3,10-15,17H2,(H,27,33). The summed E-state index contributed by atoms with van der Waals surface area (Å²) in [6.07, 6.45) is 2.02. The van der Waals surface area contributed by atoms with Gasteiger partial charge in [-0.25, -0.2) is 4.79 Å². The van der Waals surface area contributed by atoms with Gasteiger partial charge in [0.15, 0.2) is 0 Å². The SMILES string of the molecule is N#Cc1ccc(N2CCCN(C(=O)CN3C(=O)NC4(CCc5ccccc54)C3=O)CC2)cc1. The Morgan fingerprint density at radius 1 is 1.03 bits per heavy atom. The number of nitriles is 1. The number of nitrogens with one attached hydrogen (secondary N) is 1. The molecule has 2 aliphatic heterocycles. The summed E-state index contributed by atoms with van der Waals surface area (Å²) in [5.41, 5.74) is 2.49. The fourth-order valence-electron chi connectivity index (χ4n) is 5.14. The van der Waals surface area contributed by atoms with Crippen LogP contribution in [0.2, 0.25) is 0 Å². The Kier molecular flexibility index (Phi) is 5.25. The minimum Gasteiger partial charge on any atom is -0.370 e. The maximum Gasteiger partial charge on any atom is 0.325 e. The molecule has 8 nitrogen and oxygen atoms in total. The Morgan fingerprint density at radius 3 is 2.61 bits per heavy atom. The molecule has 33 heavy (non-hydrogen) atoms. The van der Waals surface area contributed by atoms with Crippen LogP contribution in [-0.4, -0.2) is 60.4 Å². The summed E-state index contributed by atoms with van der Waals surface area (Å²) in [4.78, 5) is 44.1. The molecule has 1 aliphatic carbocycles. The third-order valence-corrected chi connectivity index (χ3v) is 6.93. The number of nitrogens with zero attached hydrogens (tertiary/aromatic N) is 4. The number of hydrogen-bond donors (Lipinski definition) is 1. The van der Waals surface area contributed by atoms with Crippen molar-refractivity contribution < 1.29 is 14.4 Å². The van der Waals surface area contributed by atoms with E-state index in [2.05, 4.69) is 16.3 Å². The average molecular weight is 444 g/mol. The van der Waals surface area contributed by atoms with E-state index in [1.807, 2.05) is 36.4 Å². The Balaban J connectivity index is 1.25. The lowest BCUT2D eigenvalue weighted by Gasteiger charge is -2.25. The first-order valence-electron chi connectivity index (χ1n) is 11.3. The summed E-state index contributed by atoms with van der Waals surface area (Å²) in [7, 11) is 0. The van der Waals surface area contributed by atoms with E-state index in [4.69, 9.17) is 5.26 Å². The molecular formula is C25H25N5O3. The van der Waals surface area contributed by atoms with Crippen LogP contribution in [0.3, 0.4) is 0 Å². The predicted octanol–water partition coefficient (Wildman–Crippen LogP) is 1.99. The van der Waals surface area contributed by atoms with Crippen LogP contribution in [0.25, 0.3) is 0 Å². The maximum absolute atomic E-state index is 13.3. The summed E-state index contributed by atoms with van der Waals surface area (Å²) in [6, 6.07) is 16.7. The summed E-state index contributed by atoms with van der Waals surface area (Å²) >= 11 is 0. The van der Waals surface area contributed by atoms with Crippen molar-refractivity contribution in [2.45, 2.75) is 24.8 Å². The molecule has 5 rings (SSSR count). The molecule has 1 atom stereocenters. The van der Waals surface area contributed by atoms with E-state index in [0.717, 1.165) is 41.1 Å². The monoisotopic (exact) mass is 443 g/mol. The maximum atomic E-state index is 13.3. The van der Waals surface area contributed by atoms with Gasteiger partial charge in [-0.3, -0.25) is 14.5 Å². The van der Waals surface area contributed by atoms with Crippen LogP contribution in [0, 0.1) is 11.3 Å². The third kappa shape index (κ3) is 3.59. The number of anilines is 1. The number of rotatable bonds is 3. The molecule has 2 aromatic carbocycles. The van der Waals surface area contributed by atoms with Crippen molar-refractivity contribution in [3.8, 4) is 6.07 Å². The van der Waals surface area contributed by atoms with E-state index in [1.165, 1.54) is 0 Å². The van der Waals surface area contributed by atoms with E-state index in [9.17, 15) is 14.4 Å². The highest BCUT2D eigenvalue weighted by Gasteiger charge is 2.55. The van der Waals surface area contributed by atoms with Gasteiger partial charge in [0.2, 0.25) is 5.91 Å². The van der Waals surface area contributed by atoms with Crippen LogP contribution in [0.5, 0.6) is 0 Å². The lowest BCUT2D eigenvalue weighted by atomic mass is 9.92. The number of aryl methyl sites for hydroxylation is 1. The highest BCUT2D eigenvalue weighted by atomic mass is 16.2. The van der Waals surface area contributed by atoms with Crippen molar-refractivity contribution in [3.63, 3.8) is 0 Å². The summed E-state index contributed by atoms with van der Waals surface area (Å²) in [5, 5.41) is 11.9. The zero-order valence-electron chi connectivity index (χ0n) is 18.3. The van der Waals surface area contributed by atoms with Crippen molar-refractivity contribution in [2.75, 3.05) is 37.6 Å². The summed E-state index contributed by atoms with van der Waals surface area (Å²) < 4.78 is 0. The van der Waals surface area contributed by atoms with E-state index >= 15 is 0 Å². The molecule has 8 heteroatoms. The van der Waals surface area contributed by atoms with Gasteiger partial charge in [-0.2, -0.15) is 5.26 Å². The molecular weight excluding hydrogens is 418 g/mol. The smallest absolute Gasteiger partial charge is 0.325 e. The minimum atomic E-state index is -1.04. The second-order valence-corrected chi connectivity index (χ2v) is 8.76. The third-order valence-electron chi connectivity index (χ3n) is 6.93. The van der Waals surface area contributed by atoms with E-state index in [0.29, 0.717) is 31.6 Å². The number of carbonyl (C=O) groups is 3. The highest BCUT2D eigenvalue weighted by molar-refractivity contribution is 6.09. The first-order valence-corrected chi connectivity index (χ1v) is 11.3. The molecule has 2 fully saturated rings. The van der Waals surface area contributed by atoms with Crippen molar-refractivity contribution in [2.24, 2.45) is 0 Å². The molecule has 2 saturated heterocycles. The van der Waals surface area contributed by atoms with Crippen molar-refractivity contribution in [3.05, 3.63) is 65.2 Å². The number of imide groups is 1. The zero-order valence-corrected chi connectivity index (χ0v) is 18.3. The molecule has 2 heterocycles. The lowest BCUT2D eigenvalue weighted by Crippen LogP contribution is -2.45. The van der Waals surface area contributed by atoms with Gasteiger partial charge in [-0.05, 0) is 54.7 Å². The molecule has 168 valence electrons.